The van der Waals surface area contributed by atoms with E-state index in [1.54, 1.807) is 37.5 Å². The topological polar surface area (TPSA) is 59.9 Å². The van der Waals surface area contributed by atoms with Crippen LogP contribution in [0.4, 0.5) is 14.7 Å². The second-order valence-corrected chi connectivity index (χ2v) is 7.33. The molecule has 1 atom stereocenters. The molecule has 0 spiro atoms. The molecule has 1 aliphatic heterocycles. The van der Waals surface area contributed by atoms with E-state index in [0.717, 1.165) is 38.1 Å². The summed E-state index contributed by atoms with van der Waals surface area (Å²) in [6, 6.07) is 5.25. The molecule has 31 heavy (non-hydrogen) atoms. The van der Waals surface area contributed by atoms with Crippen molar-refractivity contribution in [3.63, 3.8) is 0 Å². The quantitative estimate of drug-likeness (QED) is 0.343. The molecule has 0 amide bonds. The molecule has 170 valence electrons. The Balaban J connectivity index is 0.00000341. The number of guanidine groups is 1. The molecule has 0 saturated carbocycles. The van der Waals surface area contributed by atoms with Crippen LogP contribution in [0.25, 0.3) is 0 Å². The number of nitrogens with one attached hydrogen (secondary N) is 1. The molecule has 10 heteroatoms. The highest BCUT2D eigenvalue weighted by Gasteiger charge is 2.24. The van der Waals surface area contributed by atoms with Gasteiger partial charge in [-0.3, -0.25) is 4.99 Å². The van der Waals surface area contributed by atoms with Crippen molar-refractivity contribution in [3.05, 3.63) is 53.9 Å². The van der Waals surface area contributed by atoms with E-state index in [9.17, 15) is 8.78 Å². The molecular weight excluding hydrogens is 515 g/mol. The van der Waals surface area contributed by atoms with Crippen LogP contribution < -0.4 is 10.2 Å². The van der Waals surface area contributed by atoms with Crippen molar-refractivity contribution in [1.29, 1.82) is 0 Å². The predicted molar refractivity (Wildman–Crippen MR) is 130 cm³/mol. The Labute approximate surface area is 199 Å². The minimum absolute atomic E-state index is 0. The van der Waals surface area contributed by atoms with E-state index < -0.39 is 17.7 Å². The predicted octanol–water partition coefficient (Wildman–Crippen LogP) is 2.76. The number of piperazine rings is 1. The normalized spacial score (nSPS) is 15.6. The summed E-state index contributed by atoms with van der Waals surface area (Å²) in [5, 5.41) is 3.30. The first kappa shape index (κ1) is 25.2. The summed E-state index contributed by atoms with van der Waals surface area (Å²) < 4.78 is 28.7. The molecule has 0 aliphatic carbocycles. The highest BCUT2D eigenvalue weighted by atomic mass is 127. The van der Waals surface area contributed by atoms with Gasteiger partial charge in [-0.05, 0) is 39.2 Å². The number of hydrogen-bond acceptors (Lipinski definition) is 5. The van der Waals surface area contributed by atoms with Crippen molar-refractivity contribution < 1.29 is 8.78 Å². The summed E-state index contributed by atoms with van der Waals surface area (Å²) in [6.45, 7) is 6.01. The van der Waals surface area contributed by atoms with Crippen LogP contribution in [0.1, 0.15) is 18.5 Å². The third kappa shape index (κ3) is 6.45. The average molecular weight is 545 g/mol. The zero-order valence-corrected chi connectivity index (χ0v) is 20.5. The summed E-state index contributed by atoms with van der Waals surface area (Å²) in [4.78, 5) is 19.4. The van der Waals surface area contributed by atoms with Crippen molar-refractivity contribution in [3.8, 4) is 0 Å². The number of rotatable bonds is 6. The number of halogens is 3. The first-order chi connectivity index (χ1) is 14.5. The lowest BCUT2D eigenvalue weighted by atomic mass is 10.0. The Kier molecular flexibility index (Phi) is 9.82. The molecule has 1 unspecified atom stereocenters. The Morgan fingerprint density at radius 3 is 2.26 bits per heavy atom. The van der Waals surface area contributed by atoms with Crippen molar-refractivity contribution >= 4 is 35.9 Å². The molecule has 0 bridgehead atoms. The van der Waals surface area contributed by atoms with Gasteiger partial charge in [-0.25, -0.2) is 18.7 Å². The molecule has 1 N–H and O–H groups in total. The first-order valence-corrected chi connectivity index (χ1v) is 10.2. The van der Waals surface area contributed by atoms with Crippen LogP contribution in [0.15, 0.2) is 41.7 Å². The fourth-order valence-corrected chi connectivity index (χ4v) is 3.51. The highest BCUT2D eigenvalue weighted by molar-refractivity contribution is 14.0. The molecule has 1 aromatic carbocycles. The largest absolute Gasteiger partial charge is 0.357 e. The number of anilines is 1. The number of hydrogen-bond donors (Lipinski definition) is 1. The van der Waals surface area contributed by atoms with Gasteiger partial charge in [-0.15, -0.1) is 24.0 Å². The number of aliphatic imine (C=N–C) groups is 1. The molecule has 0 radical (unpaired) electrons. The van der Waals surface area contributed by atoms with E-state index in [1.807, 2.05) is 6.92 Å². The lowest BCUT2D eigenvalue weighted by molar-refractivity contribution is 0.288. The van der Waals surface area contributed by atoms with Gasteiger partial charge in [0.15, 0.2) is 5.96 Å². The van der Waals surface area contributed by atoms with Crippen LogP contribution in [-0.2, 0) is 0 Å². The van der Waals surface area contributed by atoms with E-state index in [4.69, 9.17) is 4.99 Å². The van der Waals surface area contributed by atoms with Crippen LogP contribution in [-0.4, -0.2) is 79.1 Å². The maximum atomic E-state index is 14.3. The van der Waals surface area contributed by atoms with Crippen LogP contribution in [0.2, 0.25) is 0 Å². The van der Waals surface area contributed by atoms with Gasteiger partial charge in [0, 0.05) is 50.7 Å². The van der Waals surface area contributed by atoms with Crippen LogP contribution >= 0.6 is 24.0 Å². The number of aromatic nitrogens is 2. The zero-order chi connectivity index (χ0) is 21.5. The molecule has 1 aliphatic rings. The average Bonchev–Trinajstić information content (AvgIpc) is 2.75. The van der Waals surface area contributed by atoms with Crippen LogP contribution in [0.5, 0.6) is 0 Å². The molecule has 3 rings (SSSR count). The van der Waals surface area contributed by atoms with E-state index in [1.165, 1.54) is 18.2 Å². The second kappa shape index (κ2) is 12.1. The molecule has 1 saturated heterocycles. The minimum atomic E-state index is -0.551. The monoisotopic (exact) mass is 545 g/mol. The van der Waals surface area contributed by atoms with Gasteiger partial charge in [0.2, 0.25) is 5.95 Å². The van der Waals surface area contributed by atoms with E-state index in [0.29, 0.717) is 6.54 Å². The van der Waals surface area contributed by atoms with Crippen molar-refractivity contribution in [2.45, 2.75) is 13.0 Å². The summed E-state index contributed by atoms with van der Waals surface area (Å²) in [5.74, 6) is 0.368. The summed E-state index contributed by atoms with van der Waals surface area (Å²) in [5.41, 5.74) is 0.0492. The summed E-state index contributed by atoms with van der Waals surface area (Å²) >= 11 is 0. The van der Waals surface area contributed by atoms with Gasteiger partial charge >= 0.3 is 0 Å². The Morgan fingerprint density at radius 1 is 1.10 bits per heavy atom. The number of benzene rings is 1. The van der Waals surface area contributed by atoms with Gasteiger partial charge in [-0.1, -0.05) is 6.07 Å². The van der Waals surface area contributed by atoms with Gasteiger partial charge in [0.05, 0.1) is 12.6 Å². The standard InChI is InChI=1S/C21H29F2N7.HI/c1-4-24-20(29-11-13-30(14-12-29)21-25-9-6-10-26-21)27-15-18(28(2)3)19-16(22)7-5-8-17(19)23;/h5-10,18H,4,11-15H2,1-3H3,(H,24,27);1H. The van der Waals surface area contributed by atoms with Crippen LogP contribution in [0, 0.1) is 11.6 Å². The van der Waals surface area contributed by atoms with Crippen LogP contribution in [0.3, 0.4) is 0 Å². The van der Waals surface area contributed by atoms with E-state index in [-0.39, 0.29) is 36.1 Å². The number of likely N-dealkylation sites (N-methyl/N-ethyl adjacent to an activating group) is 1. The van der Waals surface area contributed by atoms with Crippen molar-refractivity contribution in [2.75, 3.05) is 58.3 Å². The smallest absolute Gasteiger partial charge is 0.225 e. The SMILES string of the molecule is CCNC(=NCC(c1c(F)cccc1F)N(C)C)N1CCN(c2ncccn2)CC1.I. The maximum absolute atomic E-state index is 14.3. The summed E-state index contributed by atoms with van der Waals surface area (Å²) in [6.07, 6.45) is 3.48. The zero-order valence-electron chi connectivity index (χ0n) is 18.1. The first-order valence-electron chi connectivity index (χ1n) is 10.2. The Bertz CT molecular complexity index is 823. The highest BCUT2D eigenvalue weighted by Crippen LogP contribution is 2.25. The van der Waals surface area contributed by atoms with Gasteiger partial charge in [-0.2, -0.15) is 0 Å². The minimum Gasteiger partial charge on any atom is -0.357 e. The van der Waals surface area contributed by atoms with Gasteiger partial charge < -0.3 is 20.0 Å². The van der Waals surface area contributed by atoms with Crippen molar-refractivity contribution in [1.82, 2.24) is 25.1 Å². The lowest BCUT2D eigenvalue weighted by Crippen LogP contribution is -2.53. The van der Waals surface area contributed by atoms with Crippen molar-refractivity contribution in [2.24, 2.45) is 4.99 Å². The Hall–Kier alpha value is -2.08. The second-order valence-electron chi connectivity index (χ2n) is 7.33. The van der Waals surface area contributed by atoms with E-state index in [2.05, 4.69) is 25.1 Å². The molecule has 2 aromatic rings. The molecule has 1 aromatic heterocycles. The molecule has 2 heterocycles. The fourth-order valence-electron chi connectivity index (χ4n) is 3.51. The van der Waals surface area contributed by atoms with E-state index >= 15 is 0 Å². The summed E-state index contributed by atoms with van der Waals surface area (Å²) in [7, 11) is 3.61. The van der Waals surface area contributed by atoms with Gasteiger partial charge in [0.25, 0.3) is 0 Å². The third-order valence-electron chi connectivity index (χ3n) is 5.12. The number of nitrogens with zero attached hydrogens (tertiary/aromatic N) is 6. The third-order valence-corrected chi connectivity index (χ3v) is 5.12. The molecule has 1 fully saturated rings. The fraction of sp³-hybridized carbons (Fsp3) is 0.476. The molecular formula is C21H30F2IN7. The molecule has 7 nitrogen and oxygen atoms in total. The van der Waals surface area contributed by atoms with Gasteiger partial charge in [0.1, 0.15) is 11.6 Å². The maximum Gasteiger partial charge on any atom is 0.225 e. The Morgan fingerprint density at radius 2 is 1.71 bits per heavy atom. The lowest BCUT2D eigenvalue weighted by Gasteiger charge is -2.36.